The van der Waals surface area contributed by atoms with Gasteiger partial charge in [-0.15, -0.1) is 0 Å². The third kappa shape index (κ3) is 3.29. The van der Waals surface area contributed by atoms with Crippen LogP contribution in [0.5, 0.6) is 5.75 Å². The Morgan fingerprint density at radius 1 is 0.957 bits per heavy atom. The number of aromatic nitrogens is 1. The molecular weight excluding hydrogens is 292 g/mol. The maximum absolute atomic E-state index is 11.1. The van der Waals surface area contributed by atoms with Crippen LogP contribution in [0.1, 0.15) is 10.4 Å². The molecular formula is C18H14N2O3. The maximum atomic E-state index is 11.1. The molecule has 3 N–H and O–H groups in total. The molecule has 3 rings (SSSR count). The predicted octanol–water partition coefficient (Wildman–Crippen LogP) is 3.90. The summed E-state index contributed by atoms with van der Waals surface area (Å²) in [5.41, 5.74) is 2.28. The Bertz CT molecular complexity index is 848. The molecule has 0 fully saturated rings. The van der Waals surface area contributed by atoms with Crippen molar-refractivity contribution in [3.8, 4) is 16.9 Å². The third-order valence-corrected chi connectivity index (χ3v) is 3.37. The molecule has 0 aliphatic rings. The molecule has 5 nitrogen and oxygen atoms in total. The van der Waals surface area contributed by atoms with Crippen LogP contribution in [0.15, 0.2) is 66.9 Å². The average molecular weight is 306 g/mol. The molecule has 2 aromatic carbocycles. The molecule has 1 heterocycles. The summed E-state index contributed by atoms with van der Waals surface area (Å²) in [5, 5.41) is 21.9. The van der Waals surface area contributed by atoms with Crippen LogP contribution >= 0.6 is 0 Å². The van der Waals surface area contributed by atoms with Gasteiger partial charge in [0.1, 0.15) is 17.1 Å². The van der Waals surface area contributed by atoms with Crippen LogP contribution in [0, 0.1) is 0 Å². The van der Waals surface area contributed by atoms with Gasteiger partial charge in [-0.1, -0.05) is 24.3 Å². The molecule has 23 heavy (non-hydrogen) atoms. The van der Waals surface area contributed by atoms with Crippen molar-refractivity contribution in [2.24, 2.45) is 0 Å². The molecule has 0 aliphatic carbocycles. The van der Waals surface area contributed by atoms with Crippen molar-refractivity contribution >= 4 is 17.5 Å². The van der Waals surface area contributed by atoms with E-state index < -0.39 is 5.97 Å². The second kappa shape index (κ2) is 6.19. The second-order valence-electron chi connectivity index (χ2n) is 4.96. The van der Waals surface area contributed by atoms with Crippen molar-refractivity contribution in [2.45, 2.75) is 0 Å². The van der Waals surface area contributed by atoms with E-state index in [4.69, 9.17) is 5.11 Å². The van der Waals surface area contributed by atoms with Crippen LogP contribution in [0.4, 0.5) is 11.5 Å². The first kappa shape index (κ1) is 14.6. The number of hydrogen-bond donors (Lipinski definition) is 3. The molecule has 5 heteroatoms. The molecule has 3 aromatic rings. The van der Waals surface area contributed by atoms with Gasteiger partial charge in [0.05, 0.1) is 0 Å². The molecule has 0 saturated heterocycles. The summed E-state index contributed by atoms with van der Waals surface area (Å²) in [6.07, 6.45) is 1.65. The van der Waals surface area contributed by atoms with Crippen molar-refractivity contribution < 1.29 is 15.0 Å². The number of carboxylic acids is 1. The van der Waals surface area contributed by atoms with Crippen LogP contribution in [0.25, 0.3) is 11.1 Å². The molecule has 0 aliphatic heterocycles. The summed E-state index contributed by atoms with van der Waals surface area (Å²) in [5.74, 6) is -0.766. The van der Waals surface area contributed by atoms with Crippen molar-refractivity contribution in [3.05, 3.63) is 72.4 Å². The number of carboxylic acid groups (broad SMARTS) is 1. The van der Waals surface area contributed by atoms with Crippen LogP contribution in [-0.2, 0) is 0 Å². The summed E-state index contributed by atoms with van der Waals surface area (Å²) in [7, 11) is 0. The predicted molar refractivity (Wildman–Crippen MR) is 88.0 cm³/mol. The van der Waals surface area contributed by atoms with Crippen LogP contribution in [0.2, 0.25) is 0 Å². The van der Waals surface area contributed by atoms with Gasteiger partial charge in [-0.2, -0.15) is 0 Å². The molecule has 0 atom stereocenters. The zero-order valence-corrected chi connectivity index (χ0v) is 12.1. The maximum Gasteiger partial charge on any atom is 0.339 e. The van der Waals surface area contributed by atoms with Gasteiger partial charge >= 0.3 is 5.97 Å². The van der Waals surface area contributed by atoms with E-state index in [0.29, 0.717) is 11.4 Å². The van der Waals surface area contributed by atoms with Gasteiger partial charge in [0.15, 0.2) is 0 Å². The van der Waals surface area contributed by atoms with E-state index in [1.807, 2.05) is 36.4 Å². The molecule has 1 aromatic heterocycles. The number of rotatable bonds is 4. The highest BCUT2D eigenvalue weighted by Crippen LogP contribution is 2.27. The third-order valence-electron chi connectivity index (χ3n) is 3.37. The topological polar surface area (TPSA) is 82.5 Å². The fourth-order valence-corrected chi connectivity index (χ4v) is 2.23. The highest BCUT2D eigenvalue weighted by molar-refractivity contribution is 5.92. The average Bonchev–Trinajstić information content (AvgIpc) is 2.56. The lowest BCUT2D eigenvalue weighted by Gasteiger charge is -2.09. The standard InChI is InChI=1S/C18H14N2O3/c21-16-7-6-12(10-15(16)18(22)23)13-8-9-19-17(11-13)20-14-4-2-1-3-5-14/h1-11,21H,(H,19,20)(H,22,23). The molecule has 0 radical (unpaired) electrons. The number of phenols is 1. The number of carbonyl (C=O) groups is 1. The van der Waals surface area contributed by atoms with Crippen molar-refractivity contribution in [1.82, 2.24) is 4.98 Å². The number of aromatic carboxylic acids is 1. The zero-order valence-electron chi connectivity index (χ0n) is 12.1. The van der Waals surface area contributed by atoms with Gasteiger partial charge in [-0.3, -0.25) is 0 Å². The summed E-state index contributed by atoms with van der Waals surface area (Å²) in [6.45, 7) is 0. The number of pyridine rings is 1. The van der Waals surface area contributed by atoms with Gasteiger partial charge in [0.25, 0.3) is 0 Å². The number of aromatic hydroxyl groups is 1. The number of para-hydroxylation sites is 1. The van der Waals surface area contributed by atoms with Gasteiger partial charge in [-0.05, 0) is 47.5 Å². The molecule has 0 saturated carbocycles. The van der Waals surface area contributed by atoms with Gasteiger partial charge in [0, 0.05) is 11.9 Å². The molecule has 0 bridgehead atoms. The van der Waals surface area contributed by atoms with E-state index in [9.17, 15) is 9.90 Å². The number of nitrogens with zero attached hydrogens (tertiary/aromatic N) is 1. The van der Waals surface area contributed by atoms with E-state index in [1.54, 1.807) is 18.3 Å². The van der Waals surface area contributed by atoms with Gasteiger partial charge in [0.2, 0.25) is 0 Å². The van der Waals surface area contributed by atoms with Gasteiger partial charge < -0.3 is 15.5 Å². The Morgan fingerprint density at radius 2 is 1.70 bits per heavy atom. The fraction of sp³-hybridized carbons (Fsp3) is 0. The molecule has 0 spiro atoms. The van der Waals surface area contributed by atoms with Crippen molar-refractivity contribution in [2.75, 3.05) is 5.32 Å². The van der Waals surface area contributed by atoms with Crippen LogP contribution in [0.3, 0.4) is 0 Å². The molecule has 114 valence electrons. The Balaban J connectivity index is 1.94. The number of anilines is 2. The quantitative estimate of drug-likeness (QED) is 0.681. The smallest absolute Gasteiger partial charge is 0.339 e. The lowest BCUT2D eigenvalue weighted by atomic mass is 10.0. The summed E-state index contributed by atoms with van der Waals surface area (Å²) in [6, 6.07) is 17.7. The van der Waals surface area contributed by atoms with Crippen molar-refractivity contribution in [3.63, 3.8) is 0 Å². The minimum absolute atomic E-state index is 0.128. The first-order valence-corrected chi connectivity index (χ1v) is 6.98. The van der Waals surface area contributed by atoms with Crippen molar-refractivity contribution in [1.29, 1.82) is 0 Å². The summed E-state index contributed by atoms with van der Waals surface area (Å²) < 4.78 is 0. The first-order chi connectivity index (χ1) is 11.1. The van der Waals surface area contributed by atoms with E-state index >= 15 is 0 Å². The first-order valence-electron chi connectivity index (χ1n) is 6.98. The number of hydrogen-bond acceptors (Lipinski definition) is 4. The minimum Gasteiger partial charge on any atom is -0.507 e. The van der Waals surface area contributed by atoms with E-state index in [0.717, 1.165) is 11.3 Å². The largest absolute Gasteiger partial charge is 0.507 e. The SMILES string of the molecule is O=C(O)c1cc(-c2ccnc(Nc3ccccc3)c2)ccc1O. The monoisotopic (exact) mass is 306 g/mol. The van der Waals surface area contributed by atoms with E-state index in [1.165, 1.54) is 12.1 Å². The van der Waals surface area contributed by atoms with Gasteiger partial charge in [-0.25, -0.2) is 9.78 Å². The summed E-state index contributed by atoms with van der Waals surface area (Å²) >= 11 is 0. The second-order valence-corrected chi connectivity index (χ2v) is 4.96. The minimum atomic E-state index is -1.17. The Kier molecular flexibility index (Phi) is 3.93. The molecule has 0 unspecified atom stereocenters. The highest BCUT2D eigenvalue weighted by atomic mass is 16.4. The highest BCUT2D eigenvalue weighted by Gasteiger charge is 2.11. The van der Waals surface area contributed by atoms with Crippen LogP contribution < -0.4 is 5.32 Å². The lowest BCUT2D eigenvalue weighted by molar-refractivity contribution is 0.0694. The normalized spacial score (nSPS) is 10.3. The fourth-order valence-electron chi connectivity index (χ4n) is 2.23. The molecule has 0 amide bonds. The van der Waals surface area contributed by atoms with Crippen LogP contribution in [-0.4, -0.2) is 21.2 Å². The Labute approximate surface area is 132 Å². The zero-order chi connectivity index (χ0) is 16.2. The van der Waals surface area contributed by atoms with E-state index in [-0.39, 0.29) is 11.3 Å². The Hall–Kier alpha value is -3.34. The summed E-state index contributed by atoms with van der Waals surface area (Å²) in [4.78, 5) is 15.4. The van der Waals surface area contributed by atoms with E-state index in [2.05, 4.69) is 10.3 Å². The lowest BCUT2D eigenvalue weighted by Crippen LogP contribution is -1.97. The number of benzene rings is 2. The number of nitrogens with one attached hydrogen (secondary N) is 1. The Morgan fingerprint density at radius 3 is 2.43 bits per heavy atom.